The molecule has 0 bridgehead atoms. The van der Waals surface area contributed by atoms with Crippen LogP contribution >= 0.6 is 22.9 Å². The molecule has 1 aliphatic heterocycles. The fraction of sp³-hybridized carbons (Fsp3) is 0.292. The van der Waals surface area contributed by atoms with Crippen molar-refractivity contribution >= 4 is 22.9 Å². The van der Waals surface area contributed by atoms with E-state index in [1.54, 1.807) is 16.0 Å². The van der Waals surface area contributed by atoms with Gasteiger partial charge >= 0.3 is 6.33 Å². The van der Waals surface area contributed by atoms with Crippen molar-refractivity contribution in [2.75, 3.05) is 6.54 Å². The summed E-state index contributed by atoms with van der Waals surface area (Å²) in [6, 6.07) is 10.4. The van der Waals surface area contributed by atoms with Crippen LogP contribution in [0.5, 0.6) is 0 Å². The van der Waals surface area contributed by atoms with Crippen LogP contribution in [0.4, 0.5) is 8.78 Å². The number of aromatic amines is 1. The fourth-order valence-corrected chi connectivity index (χ4v) is 5.71. The summed E-state index contributed by atoms with van der Waals surface area (Å²) in [5.41, 5.74) is 0.443. The van der Waals surface area contributed by atoms with Crippen LogP contribution < -0.4 is 4.68 Å². The summed E-state index contributed by atoms with van der Waals surface area (Å²) in [4.78, 5) is 12.0. The number of fused-ring (bicyclic) bond motifs is 1. The highest BCUT2D eigenvalue weighted by molar-refractivity contribution is 7.15. The lowest BCUT2D eigenvalue weighted by atomic mass is 9.85. The van der Waals surface area contributed by atoms with Crippen LogP contribution in [0, 0.1) is 11.6 Å². The molecule has 3 heterocycles. The predicted octanol–water partition coefficient (Wildman–Crippen LogP) is 4.09. The molecule has 10 heteroatoms. The Hall–Kier alpha value is -2.72. The first kappa shape index (κ1) is 23.0. The van der Waals surface area contributed by atoms with Gasteiger partial charge in [0.15, 0.2) is 0 Å². The van der Waals surface area contributed by atoms with E-state index in [2.05, 4.69) is 15.0 Å². The Morgan fingerprint density at radius 3 is 2.76 bits per heavy atom. The molecule has 1 aliphatic rings. The largest absolute Gasteiger partial charge is 0.379 e. The Kier molecular flexibility index (Phi) is 6.20. The molecule has 2 aromatic heterocycles. The molecule has 34 heavy (non-hydrogen) atoms. The SMILES string of the molecule is C[C@@H](N1CCc2nc(-c3ccc(Cl)cc3)sc2C1)[C@](O)(C[n+]1cnc[nH]1)c1ccc(F)cc1F. The van der Waals surface area contributed by atoms with E-state index in [4.69, 9.17) is 16.6 Å². The standard InChI is InChI=1S/C24H22ClF2N5OS/c1-15(24(33,12-32-14-28-13-29-32)19-7-6-18(26)10-20(19)27)31-9-8-21-22(11-31)34-23(30-21)16-2-4-17(25)5-3-16/h2-7,10,13-15,33H,8-9,11-12H2,1H3/p+1/t15-,24-/m1/s1. The lowest BCUT2D eigenvalue weighted by Gasteiger charge is -2.41. The third-order valence-electron chi connectivity index (χ3n) is 6.40. The van der Waals surface area contributed by atoms with Crippen molar-refractivity contribution in [3.05, 3.63) is 87.9 Å². The summed E-state index contributed by atoms with van der Waals surface area (Å²) in [5, 5.41) is 16.4. The number of H-pyrrole nitrogens is 1. The first-order chi connectivity index (χ1) is 16.3. The summed E-state index contributed by atoms with van der Waals surface area (Å²) >= 11 is 7.62. The van der Waals surface area contributed by atoms with Crippen molar-refractivity contribution < 1.29 is 18.6 Å². The first-order valence-electron chi connectivity index (χ1n) is 10.9. The molecule has 2 aromatic carbocycles. The number of aliphatic hydroxyl groups is 1. The normalized spacial score (nSPS) is 16.7. The number of hydrogen-bond donors (Lipinski definition) is 2. The summed E-state index contributed by atoms with van der Waals surface area (Å²) in [5.74, 6) is -1.47. The number of thiazole rings is 1. The predicted molar refractivity (Wildman–Crippen MR) is 125 cm³/mol. The summed E-state index contributed by atoms with van der Waals surface area (Å²) in [6.45, 7) is 3.11. The van der Waals surface area contributed by atoms with E-state index in [0.717, 1.165) is 27.2 Å². The van der Waals surface area contributed by atoms with Crippen molar-refractivity contribution in [3.8, 4) is 10.6 Å². The van der Waals surface area contributed by atoms with Gasteiger partial charge in [-0.05, 0) is 30.1 Å². The maximum atomic E-state index is 14.9. The molecule has 0 fully saturated rings. The van der Waals surface area contributed by atoms with Gasteiger partial charge in [0.05, 0.1) is 5.69 Å². The lowest BCUT2D eigenvalue weighted by Crippen LogP contribution is -2.58. The third-order valence-corrected chi connectivity index (χ3v) is 7.79. The number of halogens is 3. The quantitative estimate of drug-likeness (QED) is 0.390. The van der Waals surface area contributed by atoms with Crippen LogP contribution in [0.2, 0.25) is 5.02 Å². The average Bonchev–Trinajstić information content (AvgIpc) is 3.48. The number of rotatable bonds is 6. The molecular formula is C24H23ClF2N5OS+. The lowest BCUT2D eigenvalue weighted by molar-refractivity contribution is -0.765. The van der Waals surface area contributed by atoms with Gasteiger partial charge in [0.25, 0.3) is 0 Å². The van der Waals surface area contributed by atoms with E-state index >= 15 is 0 Å². The molecule has 2 N–H and O–H groups in total. The second kappa shape index (κ2) is 9.14. The molecular weight excluding hydrogens is 480 g/mol. The number of aromatic nitrogens is 4. The highest BCUT2D eigenvalue weighted by Gasteiger charge is 2.44. The Morgan fingerprint density at radius 2 is 2.06 bits per heavy atom. The molecule has 0 aliphatic carbocycles. The van der Waals surface area contributed by atoms with E-state index < -0.39 is 23.3 Å². The van der Waals surface area contributed by atoms with Gasteiger partial charge in [-0.1, -0.05) is 29.8 Å². The van der Waals surface area contributed by atoms with Crippen molar-refractivity contribution in [1.29, 1.82) is 0 Å². The monoisotopic (exact) mass is 502 g/mol. The number of nitrogens with zero attached hydrogens (tertiary/aromatic N) is 4. The van der Waals surface area contributed by atoms with Crippen molar-refractivity contribution in [1.82, 2.24) is 20.0 Å². The van der Waals surface area contributed by atoms with E-state index in [1.807, 2.05) is 31.2 Å². The van der Waals surface area contributed by atoms with Crippen molar-refractivity contribution in [2.45, 2.75) is 38.1 Å². The molecule has 0 unspecified atom stereocenters. The molecule has 0 amide bonds. The van der Waals surface area contributed by atoms with Gasteiger partial charge in [-0.15, -0.1) is 11.3 Å². The number of nitrogens with one attached hydrogen (secondary N) is 1. The van der Waals surface area contributed by atoms with Crippen LogP contribution in [0.25, 0.3) is 10.6 Å². The molecule has 176 valence electrons. The minimum absolute atomic E-state index is 0.0266. The molecule has 0 spiro atoms. The van der Waals surface area contributed by atoms with Gasteiger partial charge in [-0.3, -0.25) is 4.90 Å². The molecule has 2 atom stereocenters. The minimum Gasteiger partial charge on any atom is -0.379 e. The molecule has 0 radical (unpaired) electrons. The van der Waals surface area contributed by atoms with Crippen LogP contribution in [-0.4, -0.2) is 37.7 Å². The third kappa shape index (κ3) is 4.36. The topological polar surface area (TPSA) is 68.9 Å². The highest BCUT2D eigenvalue weighted by Crippen LogP contribution is 2.37. The Labute approximate surface area is 204 Å². The van der Waals surface area contributed by atoms with E-state index in [1.165, 1.54) is 24.8 Å². The van der Waals surface area contributed by atoms with Gasteiger partial charge in [0.1, 0.15) is 28.8 Å². The molecule has 0 saturated carbocycles. The molecule has 6 nitrogen and oxygen atoms in total. The zero-order valence-electron chi connectivity index (χ0n) is 18.4. The minimum atomic E-state index is -1.64. The van der Waals surface area contributed by atoms with E-state index in [9.17, 15) is 13.9 Å². The number of benzene rings is 2. The molecule has 0 saturated heterocycles. The molecule has 4 aromatic rings. The van der Waals surface area contributed by atoms with Crippen LogP contribution in [0.1, 0.15) is 23.1 Å². The smallest absolute Gasteiger partial charge is 0.306 e. The maximum absolute atomic E-state index is 14.9. The van der Waals surface area contributed by atoms with Gasteiger partial charge in [-0.25, -0.2) is 13.8 Å². The number of hydrogen-bond acceptors (Lipinski definition) is 5. The van der Waals surface area contributed by atoms with E-state index in [-0.39, 0.29) is 12.1 Å². The zero-order chi connectivity index (χ0) is 23.9. The Morgan fingerprint density at radius 1 is 1.26 bits per heavy atom. The summed E-state index contributed by atoms with van der Waals surface area (Å²) in [7, 11) is 0. The first-order valence-corrected chi connectivity index (χ1v) is 12.1. The fourth-order valence-electron chi connectivity index (χ4n) is 4.45. The zero-order valence-corrected chi connectivity index (χ0v) is 20.0. The van der Waals surface area contributed by atoms with Crippen molar-refractivity contribution in [3.63, 3.8) is 0 Å². The maximum Gasteiger partial charge on any atom is 0.306 e. The average molecular weight is 503 g/mol. The molecule has 5 rings (SSSR count). The Bertz CT molecular complexity index is 1300. The highest BCUT2D eigenvalue weighted by atomic mass is 35.5. The van der Waals surface area contributed by atoms with E-state index in [0.29, 0.717) is 24.5 Å². The summed E-state index contributed by atoms with van der Waals surface area (Å²) < 4.78 is 30.1. The summed E-state index contributed by atoms with van der Waals surface area (Å²) in [6.07, 6.45) is 3.72. The Balaban J connectivity index is 1.45. The van der Waals surface area contributed by atoms with Gasteiger partial charge in [-0.2, -0.15) is 9.78 Å². The van der Waals surface area contributed by atoms with Gasteiger partial charge in [0, 0.05) is 52.6 Å². The van der Waals surface area contributed by atoms with Crippen LogP contribution in [0.15, 0.2) is 55.1 Å². The second-order valence-corrected chi connectivity index (χ2v) is 10.0. The van der Waals surface area contributed by atoms with Gasteiger partial charge in [0.2, 0.25) is 6.33 Å². The van der Waals surface area contributed by atoms with Crippen LogP contribution in [0.3, 0.4) is 0 Å². The van der Waals surface area contributed by atoms with Crippen LogP contribution in [-0.2, 0) is 25.1 Å². The van der Waals surface area contributed by atoms with Gasteiger partial charge < -0.3 is 5.11 Å². The second-order valence-electron chi connectivity index (χ2n) is 8.49. The van der Waals surface area contributed by atoms with Crippen molar-refractivity contribution in [2.24, 2.45) is 0 Å².